The van der Waals surface area contributed by atoms with E-state index in [-0.39, 0.29) is 17.2 Å². The monoisotopic (exact) mass is 475 g/mol. The molecular weight excluding hydrogens is 444 g/mol. The van der Waals surface area contributed by atoms with Crippen LogP contribution in [0.5, 0.6) is 5.75 Å². The first-order chi connectivity index (χ1) is 17.0. The highest BCUT2D eigenvalue weighted by molar-refractivity contribution is 5.96. The molecule has 3 aromatic rings. The Hall–Kier alpha value is -3.20. The van der Waals surface area contributed by atoms with Gasteiger partial charge in [0.15, 0.2) is 0 Å². The second-order valence-corrected chi connectivity index (χ2v) is 9.33. The van der Waals surface area contributed by atoms with Crippen molar-refractivity contribution in [2.75, 3.05) is 37.6 Å². The van der Waals surface area contributed by atoms with Crippen molar-refractivity contribution in [3.05, 3.63) is 75.9 Å². The largest absolute Gasteiger partial charge is 0.506 e. The predicted octanol–water partition coefficient (Wildman–Crippen LogP) is 2.25. The van der Waals surface area contributed by atoms with Gasteiger partial charge in [-0.1, -0.05) is 18.2 Å². The van der Waals surface area contributed by atoms with Gasteiger partial charge in [0, 0.05) is 36.8 Å². The minimum atomic E-state index is -0.807. The predicted molar refractivity (Wildman–Crippen MR) is 135 cm³/mol. The molecule has 2 aliphatic heterocycles. The number of benzene rings is 2. The highest BCUT2D eigenvalue weighted by Gasteiger charge is 2.26. The number of amides is 1. The molecule has 1 fully saturated rings. The number of likely N-dealkylation sites (tertiary alicyclic amines) is 1. The fourth-order valence-electron chi connectivity index (χ4n) is 5.08. The molecule has 3 heterocycles. The summed E-state index contributed by atoms with van der Waals surface area (Å²) < 4.78 is 0. The number of aliphatic hydroxyl groups excluding tert-OH is 1. The van der Waals surface area contributed by atoms with Crippen LogP contribution in [-0.4, -0.2) is 58.7 Å². The minimum Gasteiger partial charge on any atom is -0.506 e. The standard InChI is InChI=1S/C27H31N4O4/c32-23-8-5-20(21-6-9-25(34)29-27(21)23)24(33)16-28-15-18-4-7-22-19(14-18)10-13-31(22)26(35)17-30-11-2-1-3-12-30/h1,4-9,14,24,28,32-33H,2-3,10-13,15-17H2,(H,29,34)/t24-/m0/s1. The number of carbonyl (C=O) groups is 1. The van der Waals surface area contributed by atoms with E-state index in [1.54, 1.807) is 12.1 Å². The van der Waals surface area contributed by atoms with Gasteiger partial charge in [-0.15, -0.1) is 0 Å². The lowest BCUT2D eigenvalue weighted by Gasteiger charge is -2.28. The maximum Gasteiger partial charge on any atom is 0.248 e. The molecule has 183 valence electrons. The number of hydrogen-bond donors (Lipinski definition) is 4. The molecule has 8 heteroatoms. The number of phenols is 1. The summed E-state index contributed by atoms with van der Waals surface area (Å²) in [4.78, 5) is 31.3. The van der Waals surface area contributed by atoms with Crippen molar-refractivity contribution in [2.45, 2.75) is 31.9 Å². The van der Waals surface area contributed by atoms with E-state index in [0.29, 0.717) is 36.1 Å². The van der Waals surface area contributed by atoms with Crippen LogP contribution < -0.4 is 15.8 Å². The Bertz CT molecular complexity index is 1280. The van der Waals surface area contributed by atoms with E-state index >= 15 is 0 Å². The van der Waals surface area contributed by atoms with Crippen molar-refractivity contribution >= 4 is 22.5 Å². The quantitative estimate of drug-likeness (QED) is 0.417. The number of nitrogens with one attached hydrogen (secondary N) is 2. The smallest absolute Gasteiger partial charge is 0.248 e. The fraction of sp³-hybridized carbons (Fsp3) is 0.370. The first kappa shape index (κ1) is 23.5. The second kappa shape index (κ2) is 10.2. The van der Waals surface area contributed by atoms with Crippen LogP contribution in [0.4, 0.5) is 5.69 Å². The lowest BCUT2D eigenvalue weighted by atomic mass is 10.0. The molecule has 0 unspecified atom stereocenters. The van der Waals surface area contributed by atoms with Gasteiger partial charge in [0.1, 0.15) is 5.75 Å². The molecule has 5 rings (SSSR count). The molecule has 1 aromatic heterocycles. The van der Waals surface area contributed by atoms with Gasteiger partial charge >= 0.3 is 0 Å². The summed E-state index contributed by atoms with van der Waals surface area (Å²) in [7, 11) is 0. The molecule has 1 amide bonds. The van der Waals surface area contributed by atoms with E-state index in [2.05, 4.69) is 27.7 Å². The number of H-pyrrole nitrogens is 1. The Balaban J connectivity index is 1.19. The second-order valence-electron chi connectivity index (χ2n) is 9.33. The SMILES string of the molecule is O=C(CN1CC[CH]CC1)N1CCc2cc(CNC[C@H](O)c3ccc(O)c4[nH]c(=O)ccc34)ccc21. The highest BCUT2D eigenvalue weighted by atomic mass is 16.3. The lowest BCUT2D eigenvalue weighted by molar-refractivity contribution is -0.119. The Morgan fingerprint density at radius 1 is 1.09 bits per heavy atom. The molecule has 0 saturated carbocycles. The van der Waals surface area contributed by atoms with Crippen molar-refractivity contribution in [3.8, 4) is 5.75 Å². The van der Waals surface area contributed by atoms with Gasteiger partial charge in [-0.05, 0) is 73.7 Å². The van der Waals surface area contributed by atoms with E-state index < -0.39 is 6.10 Å². The molecule has 1 saturated heterocycles. The minimum absolute atomic E-state index is 0.0262. The van der Waals surface area contributed by atoms with Gasteiger partial charge in [-0.3, -0.25) is 14.5 Å². The zero-order valence-electron chi connectivity index (χ0n) is 19.7. The number of hydrogen-bond acceptors (Lipinski definition) is 6. The van der Waals surface area contributed by atoms with E-state index in [1.807, 2.05) is 17.0 Å². The molecular formula is C27H31N4O4. The summed E-state index contributed by atoms with van der Waals surface area (Å²) in [6, 6.07) is 12.3. The van der Waals surface area contributed by atoms with Crippen molar-refractivity contribution < 1.29 is 15.0 Å². The molecule has 2 aromatic carbocycles. The summed E-state index contributed by atoms with van der Waals surface area (Å²) in [5, 5.41) is 24.7. The number of anilines is 1. The molecule has 2 aliphatic rings. The molecule has 1 radical (unpaired) electrons. The van der Waals surface area contributed by atoms with Crippen molar-refractivity contribution in [3.63, 3.8) is 0 Å². The molecule has 4 N–H and O–H groups in total. The molecule has 8 nitrogen and oxygen atoms in total. The highest BCUT2D eigenvalue weighted by Crippen LogP contribution is 2.30. The number of phenolic OH excluding ortho intramolecular Hbond substituents is 1. The number of piperidine rings is 1. The molecule has 0 spiro atoms. The number of nitrogens with zero attached hydrogens (tertiary/aromatic N) is 2. The third kappa shape index (κ3) is 5.10. The maximum atomic E-state index is 12.9. The molecule has 1 atom stereocenters. The number of pyridine rings is 1. The van der Waals surface area contributed by atoms with Crippen LogP contribution in [0.25, 0.3) is 10.9 Å². The Kier molecular flexibility index (Phi) is 6.86. The van der Waals surface area contributed by atoms with Gasteiger partial charge in [0.25, 0.3) is 0 Å². The van der Waals surface area contributed by atoms with Crippen molar-refractivity contribution in [1.29, 1.82) is 0 Å². The van der Waals surface area contributed by atoms with E-state index in [9.17, 15) is 19.8 Å². The average molecular weight is 476 g/mol. The van der Waals surface area contributed by atoms with E-state index in [1.165, 1.54) is 17.7 Å². The van der Waals surface area contributed by atoms with Crippen LogP contribution in [0.1, 0.15) is 35.6 Å². The summed E-state index contributed by atoms with van der Waals surface area (Å²) in [6.45, 7) is 4.01. The number of fused-ring (bicyclic) bond motifs is 2. The number of aromatic amines is 1. The van der Waals surface area contributed by atoms with Crippen LogP contribution in [0, 0.1) is 6.42 Å². The average Bonchev–Trinajstić information content (AvgIpc) is 3.28. The van der Waals surface area contributed by atoms with Gasteiger partial charge in [0.05, 0.1) is 18.2 Å². The van der Waals surface area contributed by atoms with Crippen LogP contribution in [-0.2, 0) is 17.8 Å². The number of aliphatic hydroxyl groups is 1. The zero-order valence-corrected chi connectivity index (χ0v) is 19.7. The van der Waals surface area contributed by atoms with Gasteiger partial charge in [0.2, 0.25) is 11.5 Å². The Morgan fingerprint density at radius 3 is 2.74 bits per heavy atom. The van der Waals surface area contributed by atoms with Crippen LogP contribution in [0.2, 0.25) is 0 Å². The number of aromatic nitrogens is 1. The third-order valence-corrected chi connectivity index (χ3v) is 6.93. The van der Waals surface area contributed by atoms with E-state index in [4.69, 9.17) is 0 Å². The van der Waals surface area contributed by atoms with Crippen LogP contribution in [0.15, 0.2) is 47.3 Å². The summed E-state index contributed by atoms with van der Waals surface area (Å²) in [5.74, 6) is 0.142. The summed E-state index contributed by atoms with van der Waals surface area (Å²) >= 11 is 0. The Morgan fingerprint density at radius 2 is 1.91 bits per heavy atom. The molecule has 35 heavy (non-hydrogen) atoms. The summed E-state index contributed by atoms with van der Waals surface area (Å²) in [6.07, 6.45) is 4.44. The Labute approximate surface area is 204 Å². The van der Waals surface area contributed by atoms with Gasteiger partial charge < -0.3 is 25.4 Å². The van der Waals surface area contributed by atoms with Crippen LogP contribution in [0.3, 0.4) is 0 Å². The van der Waals surface area contributed by atoms with Crippen LogP contribution >= 0.6 is 0 Å². The molecule has 0 aliphatic carbocycles. The van der Waals surface area contributed by atoms with Gasteiger partial charge in [-0.2, -0.15) is 0 Å². The number of rotatable bonds is 7. The number of carbonyl (C=O) groups excluding carboxylic acids is 1. The maximum absolute atomic E-state index is 12.9. The third-order valence-electron chi connectivity index (χ3n) is 6.93. The first-order valence-electron chi connectivity index (χ1n) is 12.2. The van der Waals surface area contributed by atoms with Gasteiger partial charge in [-0.25, -0.2) is 0 Å². The first-order valence-corrected chi connectivity index (χ1v) is 12.2. The number of aromatic hydroxyl groups is 1. The normalized spacial score (nSPS) is 17.0. The topological polar surface area (TPSA) is 109 Å². The summed E-state index contributed by atoms with van der Waals surface area (Å²) in [5.41, 5.74) is 3.93. The van der Waals surface area contributed by atoms with Crippen molar-refractivity contribution in [1.82, 2.24) is 15.2 Å². The van der Waals surface area contributed by atoms with Crippen molar-refractivity contribution in [2.24, 2.45) is 0 Å². The van der Waals surface area contributed by atoms with E-state index in [0.717, 1.165) is 50.1 Å². The fourth-order valence-corrected chi connectivity index (χ4v) is 5.08. The lowest BCUT2D eigenvalue weighted by Crippen LogP contribution is -2.41. The molecule has 0 bridgehead atoms. The zero-order chi connectivity index (χ0) is 24.4.